The second kappa shape index (κ2) is 2.48. The molecular weight excluding hydrogens is 142 g/mol. The van der Waals surface area contributed by atoms with Gasteiger partial charge >= 0.3 is 5.97 Å². The van der Waals surface area contributed by atoms with Gasteiger partial charge in [0.2, 0.25) is 0 Å². The number of nitrogens with two attached hydrogens (primary N) is 1. The van der Waals surface area contributed by atoms with E-state index in [4.69, 9.17) is 10.8 Å². The zero-order chi connectivity index (χ0) is 8.65. The van der Waals surface area contributed by atoms with Gasteiger partial charge in [0.15, 0.2) is 0 Å². The van der Waals surface area contributed by atoms with Gasteiger partial charge in [0.05, 0.1) is 5.92 Å². The first-order chi connectivity index (χ1) is 4.95. The van der Waals surface area contributed by atoms with Gasteiger partial charge in [-0.3, -0.25) is 4.79 Å². The highest BCUT2D eigenvalue weighted by molar-refractivity contribution is 5.72. The van der Waals surface area contributed by atoms with Gasteiger partial charge in [0.25, 0.3) is 0 Å². The van der Waals surface area contributed by atoms with Crippen molar-refractivity contribution in [3.8, 4) is 0 Å². The van der Waals surface area contributed by atoms with Crippen molar-refractivity contribution in [2.75, 3.05) is 0 Å². The Morgan fingerprint density at radius 2 is 2.18 bits per heavy atom. The summed E-state index contributed by atoms with van der Waals surface area (Å²) in [5, 5.41) is 8.84. The van der Waals surface area contributed by atoms with E-state index < -0.39 is 5.97 Å². The Bertz CT molecular complexity index is 177. The third kappa shape index (κ3) is 1.38. The second-order valence-electron chi connectivity index (χ2n) is 4.01. The fraction of sp³-hybridized carbons (Fsp3) is 0.875. The molecule has 1 fully saturated rings. The summed E-state index contributed by atoms with van der Waals surface area (Å²) in [6, 6.07) is -0.150. The van der Waals surface area contributed by atoms with E-state index in [1.165, 1.54) is 0 Å². The SMILES string of the molecule is CC1(C)CCC(N)C1C(=O)O. The first-order valence-corrected chi connectivity index (χ1v) is 3.93. The Kier molecular flexibility index (Phi) is 1.92. The van der Waals surface area contributed by atoms with Crippen LogP contribution < -0.4 is 5.73 Å². The molecule has 1 aliphatic rings. The maximum atomic E-state index is 10.7. The molecule has 0 spiro atoms. The molecule has 1 rings (SSSR count). The van der Waals surface area contributed by atoms with Gasteiger partial charge in [-0.2, -0.15) is 0 Å². The molecule has 2 atom stereocenters. The lowest BCUT2D eigenvalue weighted by Gasteiger charge is -2.24. The van der Waals surface area contributed by atoms with Crippen LogP contribution in [-0.4, -0.2) is 17.1 Å². The molecule has 0 aromatic carbocycles. The van der Waals surface area contributed by atoms with E-state index in [0.717, 1.165) is 12.8 Å². The molecule has 0 aromatic rings. The van der Waals surface area contributed by atoms with Gasteiger partial charge in [-0.15, -0.1) is 0 Å². The molecule has 11 heavy (non-hydrogen) atoms. The van der Waals surface area contributed by atoms with Crippen LogP contribution in [0, 0.1) is 11.3 Å². The molecule has 0 bridgehead atoms. The molecule has 0 heterocycles. The highest BCUT2D eigenvalue weighted by Crippen LogP contribution is 2.41. The predicted molar refractivity (Wildman–Crippen MR) is 42.1 cm³/mol. The minimum atomic E-state index is -0.750. The van der Waals surface area contributed by atoms with Crippen molar-refractivity contribution >= 4 is 5.97 Å². The number of carboxylic acids is 1. The fourth-order valence-corrected chi connectivity index (χ4v) is 1.96. The van der Waals surface area contributed by atoms with Crippen LogP contribution in [-0.2, 0) is 4.79 Å². The quantitative estimate of drug-likeness (QED) is 0.592. The molecule has 64 valence electrons. The van der Waals surface area contributed by atoms with E-state index in [0.29, 0.717) is 0 Å². The first-order valence-electron chi connectivity index (χ1n) is 3.93. The summed E-state index contributed by atoms with van der Waals surface area (Å²) in [6.45, 7) is 3.94. The molecule has 3 heteroatoms. The molecule has 0 aliphatic heterocycles. The summed E-state index contributed by atoms with van der Waals surface area (Å²) >= 11 is 0. The van der Waals surface area contributed by atoms with Gasteiger partial charge in [0.1, 0.15) is 0 Å². The smallest absolute Gasteiger partial charge is 0.308 e. The molecule has 3 nitrogen and oxygen atoms in total. The third-order valence-electron chi connectivity index (χ3n) is 2.66. The van der Waals surface area contributed by atoms with Crippen molar-refractivity contribution < 1.29 is 9.90 Å². The Morgan fingerprint density at radius 1 is 1.64 bits per heavy atom. The molecular formula is C8H15NO2. The van der Waals surface area contributed by atoms with E-state index in [1.807, 2.05) is 13.8 Å². The number of hydrogen-bond acceptors (Lipinski definition) is 2. The standard InChI is InChI=1S/C8H15NO2/c1-8(2)4-3-5(9)6(8)7(10)11/h5-6H,3-4,9H2,1-2H3,(H,10,11). The van der Waals surface area contributed by atoms with Crippen LogP contribution in [0.25, 0.3) is 0 Å². The zero-order valence-corrected chi connectivity index (χ0v) is 7.00. The highest BCUT2D eigenvalue weighted by atomic mass is 16.4. The topological polar surface area (TPSA) is 63.3 Å². The average molecular weight is 157 g/mol. The molecule has 2 unspecified atom stereocenters. The minimum Gasteiger partial charge on any atom is -0.481 e. The molecule has 1 aliphatic carbocycles. The van der Waals surface area contributed by atoms with Gasteiger partial charge < -0.3 is 10.8 Å². The molecule has 0 radical (unpaired) electrons. The van der Waals surface area contributed by atoms with Crippen molar-refractivity contribution in [1.29, 1.82) is 0 Å². The number of carboxylic acid groups (broad SMARTS) is 1. The molecule has 1 saturated carbocycles. The van der Waals surface area contributed by atoms with Gasteiger partial charge in [-0.05, 0) is 18.3 Å². The molecule has 0 saturated heterocycles. The van der Waals surface area contributed by atoms with E-state index >= 15 is 0 Å². The Labute approximate surface area is 66.6 Å². The molecule has 0 aromatic heterocycles. The Morgan fingerprint density at radius 3 is 2.36 bits per heavy atom. The maximum Gasteiger partial charge on any atom is 0.308 e. The highest BCUT2D eigenvalue weighted by Gasteiger charge is 2.44. The molecule has 0 amide bonds. The first kappa shape index (κ1) is 8.53. The fourth-order valence-electron chi connectivity index (χ4n) is 1.96. The summed E-state index contributed by atoms with van der Waals surface area (Å²) < 4.78 is 0. The number of aliphatic carboxylic acids is 1. The van der Waals surface area contributed by atoms with Crippen molar-refractivity contribution in [3.63, 3.8) is 0 Å². The van der Waals surface area contributed by atoms with Crippen LogP contribution in [0.3, 0.4) is 0 Å². The van der Waals surface area contributed by atoms with Crippen LogP contribution in [0.5, 0.6) is 0 Å². The van der Waals surface area contributed by atoms with Crippen LogP contribution in [0.1, 0.15) is 26.7 Å². The third-order valence-corrected chi connectivity index (χ3v) is 2.66. The van der Waals surface area contributed by atoms with E-state index in [2.05, 4.69) is 0 Å². The summed E-state index contributed by atoms with van der Waals surface area (Å²) in [4.78, 5) is 10.7. The van der Waals surface area contributed by atoms with Crippen molar-refractivity contribution in [3.05, 3.63) is 0 Å². The normalized spacial score (nSPS) is 35.5. The summed E-state index contributed by atoms with van der Waals surface area (Å²) in [6.07, 6.45) is 1.76. The average Bonchev–Trinajstić information content (AvgIpc) is 2.06. The van der Waals surface area contributed by atoms with E-state index in [1.54, 1.807) is 0 Å². The van der Waals surface area contributed by atoms with Gasteiger partial charge in [-0.25, -0.2) is 0 Å². The summed E-state index contributed by atoms with van der Waals surface area (Å²) in [5.41, 5.74) is 5.55. The van der Waals surface area contributed by atoms with E-state index in [9.17, 15) is 4.79 Å². The van der Waals surface area contributed by atoms with Crippen molar-refractivity contribution in [2.24, 2.45) is 17.1 Å². The van der Waals surface area contributed by atoms with Crippen LogP contribution >= 0.6 is 0 Å². The van der Waals surface area contributed by atoms with Crippen molar-refractivity contribution in [1.82, 2.24) is 0 Å². The van der Waals surface area contributed by atoms with Crippen LogP contribution in [0.15, 0.2) is 0 Å². The maximum absolute atomic E-state index is 10.7. The van der Waals surface area contributed by atoms with Crippen LogP contribution in [0.2, 0.25) is 0 Å². The molecule has 3 N–H and O–H groups in total. The predicted octanol–water partition coefficient (Wildman–Crippen LogP) is 0.834. The van der Waals surface area contributed by atoms with Crippen molar-refractivity contribution in [2.45, 2.75) is 32.7 Å². The zero-order valence-electron chi connectivity index (χ0n) is 7.00. The lowest BCUT2D eigenvalue weighted by atomic mass is 9.81. The number of hydrogen-bond donors (Lipinski definition) is 2. The number of carbonyl (C=O) groups is 1. The minimum absolute atomic E-state index is 0.120. The lowest BCUT2D eigenvalue weighted by molar-refractivity contribution is -0.145. The summed E-state index contributed by atoms with van der Waals surface area (Å²) in [7, 11) is 0. The van der Waals surface area contributed by atoms with Gasteiger partial charge in [0, 0.05) is 6.04 Å². The largest absolute Gasteiger partial charge is 0.481 e. The lowest BCUT2D eigenvalue weighted by Crippen LogP contribution is -2.37. The Balaban J connectivity index is 2.80. The van der Waals surface area contributed by atoms with E-state index in [-0.39, 0.29) is 17.4 Å². The second-order valence-corrected chi connectivity index (χ2v) is 4.01. The summed E-state index contributed by atoms with van der Waals surface area (Å²) in [5.74, 6) is -1.11. The van der Waals surface area contributed by atoms with Crippen LogP contribution in [0.4, 0.5) is 0 Å². The Hall–Kier alpha value is -0.570. The van der Waals surface area contributed by atoms with Gasteiger partial charge in [-0.1, -0.05) is 13.8 Å². The number of rotatable bonds is 1. The monoisotopic (exact) mass is 157 g/mol.